The Labute approximate surface area is 186 Å². The maximum atomic E-state index is 13.3. The number of carbonyl (C=O) groups is 2. The molecule has 2 fully saturated rings. The molecule has 0 aromatic rings. The number of esters is 1. The van der Waals surface area contributed by atoms with Gasteiger partial charge in [-0.1, -0.05) is 31.5 Å². The summed E-state index contributed by atoms with van der Waals surface area (Å²) in [6.07, 6.45) is 4.19. The molecule has 0 bridgehead atoms. The molecule has 0 amide bonds. The molecule has 8 heteroatoms. The topological polar surface area (TPSA) is 102 Å². The van der Waals surface area contributed by atoms with Gasteiger partial charge in [0.25, 0.3) is 0 Å². The van der Waals surface area contributed by atoms with Crippen LogP contribution < -0.4 is 0 Å². The quantitative estimate of drug-likeness (QED) is 0.634. The minimum atomic E-state index is -1.83. The minimum Gasteiger partial charge on any atom is -0.493 e. The number of aliphatic hydroxyl groups is 2. The lowest BCUT2D eigenvalue weighted by atomic mass is 9.62. The van der Waals surface area contributed by atoms with E-state index in [-0.39, 0.29) is 17.6 Å². The summed E-state index contributed by atoms with van der Waals surface area (Å²) >= 11 is 6.51. The molecule has 4 rings (SSSR count). The van der Waals surface area contributed by atoms with Gasteiger partial charge in [-0.3, -0.25) is 9.59 Å². The van der Waals surface area contributed by atoms with Gasteiger partial charge in [-0.2, -0.15) is 0 Å². The highest BCUT2D eigenvalue weighted by atomic mass is 35.5. The summed E-state index contributed by atoms with van der Waals surface area (Å²) < 4.78 is 17.4. The van der Waals surface area contributed by atoms with Gasteiger partial charge < -0.3 is 24.4 Å². The Balaban J connectivity index is 1.75. The smallest absolute Gasteiger partial charge is 0.315 e. The Morgan fingerprint density at radius 1 is 1.29 bits per heavy atom. The Morgan fingerprint density at radius 2 is 1.97 bits per heavy atom. The molecule has 3 heterocycles. The third kappa shape index (κ3) is 3.20. The van der Waals surface area contributed by atoms with Crippen LogP contribution >= 0.6 is 11.6 Å². The molecular weight excluding hydrogens is 424 g/mol. The summed E-state index contributed by atoms with van der Waals surface area (Å²) in [6.45, 7) is 8.78. The van der Waals surface area contributed by atoms with Crippen LogP contribution in [0.25, 0.3) is 0 Å². The summed E-state index contributed by atoms with van der Waals surface area (Å²) in [6, 6.07) is 0. The number of Topliss-reactive ketones (excluding diaryl/α,β-unsaturated/α-hetero) is 1. The van der Waals surface area contributed by atoms with Gasteiger partial charge >= 0.3 is 5.97 Å². The second-order valence-corrected chi connectivity index (χ2v) is 9.79. The number of allylic oxidation sites excluding steroid dienone is 2. The largest absolute Gasteiger partial charge is 0.493 e. The third-order valence-corrected chi connectivity index (χ3v) is 7.91. The van der Waals surface area contributed by atoms with E-state index < -0.39 is 59.0 Å². The van der Waals surface area contributed by atoms with Gasteiger partial charge in [0.2, 0.25) is 5.78 Å². The lowest BCUT2D eigenvalue weighted by Crippen LogP contribution is -2.57. The zero-order valence-corrected chi connectivity index (χ0v) is 19.1. The van der Waals surface area contributed by atoms with E-state index in [1.807, 2.05) is 13.0 Å². The lowest BCUT2D eigenvalue weighted by Gasteiger charge is -2.43. The monoisotopic (exact) mass is 452 g/mol. The number of fused-ring (bicyclic) bond motifs is 5. The molecule has 0 spiro atoms. The number of rotatable bonds is 3. The first-order chi connectivity index (χ1) is 14.4. The average molecular weight is 453 g/mol. The van der Waals surface area contributed by atoms with Crippen molar-refractivity contribution >= 4 is 23.4 Å². The van der Waals surface area contributed by atoms with E-state index in [0.29, 0.717) is 11.3 Å². The van der Waals surface area contributed by atoms with Crippen molar-refractivity contribution in [3.05, 3.63) is 34.6 Å². The van der Waals surface area contributed by atoms with Gasteiger partial charge in [0.05, 0.1) is 17.7 Å². The molecule has 9 atom stereocenters. The molecule has 0 aromatic carbocycles. The minimum absolute atomic E-state index is 0.0258. The molecule has 4 aliphatic rings. The summed E-state index contributed by atoms with van der Waals surface area (Å²) in [5.41, 5.74) is -0.899. The number of ether oxygens (including phenoxy) is 3. The molecule has 3 aliphatic heterocycles. The van der Waals surface area contributed by atoms with Crippen molar-refractivity contribution in [2.75, 3.05) is 6.61 Å². The van der Waals surface area contributed by atoms with Gasteiger partial charge in [0, 0.05) is 23.7 Å². The normalized spacial score (nSPS) is 44.1. The Bertz CT molecular complexity index is 906. The molecule has 8 unspecified atom stereocenters. The first kappa shape index (κ1) is 22.5. The van der Waals surface area contributed by atoms with E-state index in [4.69, 9.17) is 25.8 Å². The van der Waals surface area contributed by atoms with Crippen LogP contribution in [0.3, 0.4) is 0 Å². The number of ketones is 1. The predicted molar refractivity (Wildman–Crippen MR) is 112 cm³/mol. The average Bonchev–Trinajstić information content (AvgIpc) is 2.98. The van der Waals surface area contributed by atoms with Crippen LogP contribution in [0.2, 0.25) is 0 Å². The molecule has 31 heavy (non-hydrogen) atoms. The van der Waals surface area contributed by atoms with E-state index in [9.17, 15) is 19.8 Å². The van der Waals surface area contributed by atoms with Crippen LogP contribution in [0.4, 0.5) is 0 Å². The molecule has 2 N–H and O–H groups in total. The molecule has 170 valence electrons. The number of hydrogen-bond donors (Lipinski definition) is 2. The maximum Gasteiger partial charge on any atom is 0.315 e. The van der Waals surface area contributed by atoms with E-state index in [2.05, 4.69) is 0 Å². The summed E-state index contributed by atoms with van der Waals surface area (Å²) in [4.78, 5) is 26.2. The molecule has 0 aromatic heterocycles. The van der Waals surface area contributed by atoms with Crippen LogP contribution in [-0.4, -0.2) is 52.2 Å². The van der Waals surface area contributed by atoms with Gasteiger partial charge in [0.15, 0.2) is 5.79 Å². The van der Waals surface area contributed by atoms with Gasteiger partial charge in [-0.05, 0) is 38.5 Å². The fourth-order valence-corrected chi connectivity index (χ4v) is 5.58. The maximum absolute atomic E-state index is 13.3. The van der Waals surface area contributed by atoms with E-state index >= 15 is 0 Å². The number of halogens is 1. The molecular formula is C23H29ClO7. The summed E-state index contributed by atoms with van der Waals surface area (Å²) in [7, 11) is 0. The molecule has 7 nitrogen and oxygen atoms in total. The molecule has 0 radical (unpaired) electrons. The van der Waals surface area contributed by atoms with E-state index in [1.54, 1.807) is 39.8 Å². The number of aliphatic hydroxyl groups excluding tert-OH is 1. The van der Waals surface area contributed by atoms with Crippen LogP contribution in [0.1, 0.15) is 34.6 Å². The van der Waals surface area contributed by atoms with Crippen molar-refractivity contribution in [1.82, 2.24) is 0 Å². The zero-order valence-electron chi connectivity index (χ0n) is 18.3. The van der Waals surface area contributed by atoms with Crippen LogP contribution in [0.15, 0.2) is 34.6 Å². The first-order valence-electron chi connectivity index (χ1n) is 10.7. The molecule has 0 saturated carbocycles. The standard InChI is InChI=1S/C23H29ClO7/c1-10(12(3)25)6-7-14-8-15-16(9-29-14)17-18-21(27)30-13(4)11(2)23(18,28)31-22(17,5)20(26)19(15)24/h6-8,10-13,16-18,25,28H,9H2,1-5H3/b7-6+/t10?,11?,12?,13?,16?,17?,18?,22?,23-/m0/s1. The Morgan fingerprint density at radius 3 is 2.61 bits per heavy atom. The highest BCUT2D eigenvalue weighted by Crippen LogP contribution is 2.60. The zero-order chi connectivity index (χ0) is 22.9. The SMILES string of the molecule is CC(O)C(C)/C=C/C1=CC2=C(Cl)C(=O)C3(C)O[C@@]4(O)C(C)C(C)OC(=O)C4C3C2CO1. The van der Waals surface area contributed by atoms with Crippen molar-refractivity contribution in [2.45, 2.75) is 58.2 Å². The molecule has 2 saturated heterocycles. The Hall–Kier alpha value is -1.67. The highest BCUT2D eigenvalue weighted by Gasteiger charge is 2.73. The van der Waals surface area contributed by atoms with Crippen LogP contribution in [-0.2, 0) is 23.8 Å². The van der Waals surface area contributed by atoms with Gasteiger partial charge in [0.1, 0.15) is 23.4 Å². The van der Waals surface area contributed by atoms with E-state index in [0.717, 1.165) is 0 Å². The Kier molecular flexibility index (Phi) is 5.41. The van der Waals surface area contributed by atoms with Crippen molar-refractivity contribution < 1.29 is 34.0 Å². The van der Waals surface area contributed by atoms with Crippen molar-refractivity contribution in [3.63, 3.8) is 0 Å². The highest BCUT2D eigenvalue weighted by molar-refractivity contribution is 6.44. The number of hydrogen-bond acceptors (Lipinski definition) is 7. The van der Waals surface area contributed by atoms with Gasteiger partial charge in [-0.15, -0.1) is 0 Å². The van der Waals surface area contributed by atoms with Crippen LogP contribution in [0, 0.1) is 29.6 Å². The second kappa shape index (κ2) is 7.44. The second-order valence-electron chi connectivity index (χ2n) is 9.42. The summed E-state index contributed by atoms with van der Waals surface area (Å²) in [5, 5.41) is 21.1. The van der Waals surface area contributed by atoms with Crippen LogP contribution in [0.5, 0.6) is 0 Å². The first-order valence-corrected chi connectivity index (χ1v) is 11.1. The van der Waals surface area contributed by atoms with Crippen molar-refractivity contribution in [2.24, 2.45) is 29.6 Å². The molecule has 1 aliphatic carbocycles. The summed E-state index contributed by atoms with van der Waals surface area (Å²) in [5.74, 6) is -5.08. The number of cyclic esters (lactones) is 1. The lowest BCUT2D eigenvalue weighted by molar-refractivity contribution is -0.286. The fraction of sp³-hybridized carbons (Fsp3) is 0.652. The van der Waals surface area contributed by atoms with Gasteiger partial charge in [-0.25, -0.2) is 0 Å². The number of carbonyl (C=O) groups excluding carboxylic acids is 2. The van der Waals surface area contributed by atoms with Crippen molar-refractivity contribution in [3.8, 4) is 0 Å². The predicted octanol–water partition coefficient (Wildman–Crippen LogP) is 2.46. The van der Waals surface area contributed by atoms with Crippen molar-refractivity contribution in [1.29, 1.82) is 0 Å². The fourth-order valence-electron chi connectivity index (χ4n) is 5.20. The van der Waals surface area contributed by atoms with E-state index in [1.165, 1.54) is 0 Å². The third-order valence-electron chi connectivity index (χ3n) is 7.52.